The minimum absolute atomic E-state index is 0.591. The fourth-order valence-electron chi connectivity index (χ4n) is 8.09. The molecule has 0 amide bonds. The molecule has 0 atom stereocenters. The molecule has 4 aromatic heterocycles. The number of nitrogens with zero attached hydrogens (tertiary/aromatic N) is 6. The molecule has 0 saturated heterocycles. The third-order valence-corrected chi connectivity index (χ3v) is 10.6. The zero-order chi connectivity index (χ0) is 37.0. The van der Waals surface area contributed by atoms with Crippen LogP contribution in [0, 0.1) is 0 Å². The number of aromatic nitrogens is 6. The van der Waals surface area contributed by atoms with Gasteiger partial charge in [0.1, 0.15) is 0 Å². The van der Waals surface area contributed by atoms with Crippen molar-refractivity contribution >= 4 is 43.6 Å². The minimum Gasteiger partial charge on any atom is -0.309 e. The summed E-state index contributed by atoms with van der Waals surface area (Å²) in [5.74, 6) is 1.83. The zero-order valence-corrected chi connectivity index (χ0v) is 30.2. The lowest BCUT2D eigenvalue weighted by Crippen LogP contribution is -2.04. The highest BCUT2D eigenvalue weighted by Crippen LogP contribution is 2.40. The van der Waals surface area contributed by atoms with Crippen LogP contribution in [0.1, 0.15) is 0 Å². The van der Waals surface area contributed by atoms with Crippen molar-refractivity contribution in [1.29, 1.82) is 0 Å². The van der Waals surface area contributed by atoms with Crippen LogP contribution in [0.3, 0.4) is 0 Å². The van der Waals surface area contributed by atoms with Gasteiger partial charge in [0, 0.05) is 55.7 Å². The Balaban J connectivity index is 1.19. The van der Waals surface area contributed by atoms with Crippen LogP contribution in [0.5, 0.6) is 0 Å². The lowest BCUT2D eigenvalue weighted by Gasteiger charge is -2.16. The van der Waals surface area contributed by atoms with Gasteiger partial charge in [-0.05, 0) is 60.7 Å². The standard InChI is InChI=1S/C50H32N6/c1-3-15-33(16-4-1)48-52-49(34-17-5-2-6-18-34)54-50(53-48)40-28-26-35(42-22-13-14-30-51-42)31-47(40)56-45-25-12-9-21-39(45)41-32-36(27-29-46(41)56)55-43-23-10-7-19-37(43)38-20-8-11-24-44(38)55/h1-32H. The van der Waals surface area contributed by atoms with Gasteiger partial charge in [-0.25, -0.2) is 15.0 Å². The Morgan fingerprint density at radius 3 is 1.46 bits per heavy atom. The molecule has 0 fully saturated rings. The number of pyridine rings is 1. The number of hydrogen-bond donors (Lipinski definition) is 0. The van der Waals surface area contributed by atoms with Crippen molar-refractivity contribution in [3.8, 4) is 56.8 Å². The summed E-state index contributed by atoms with van der Waals surface area (Å²) in [6.45, 7) is 0. The topological polar surface area (TPSA) is 61.4 Å². The maximum Gasteiger partial charge on any atom is 0.166 e. The van der Waals surface area contributed by atoms with E-state index in [1.807, 2.05) is 85.1 Å². The summed E-state index contributed by atoms with van der Waals surface area (Å²) in [6, 6.07) is 65.5. The molecular weight excluding hydrogens is 685 g/mol. The van der Waals surface area contributed by atoms with Crippen LogP contribution in [-0.4, -0.2) is 29.1 Å². The van der Waals surface area contributed by atoms with Crippen LogP contribution in [0.25, 0.3) is 100 Å². The van der Waals surface area contributed by atoms with E-state index in [1.165, 1.54) is 21.8 Å². The van der Waals surface area contributed by atoms with Gasteiger partial charge in [-0.3, -0.25) is 4.98 Å². The van der Waals surface area contributed by atoms with E-state index in [0.717, 1.165) is 61.1 Å². The molecule has 0 aliphatic heterocycles. The lowest BCUT2D eigenvalue weighted by atomic mass is 10.0. The van der Waals surface area contributed by atoms with E-state index in [1.54, 1.807) is 0 Å². The molecule has 7 aromatic carbocycles. The molecule has 6 heteroatoms. The number of rotatable bonds is 6. The van der Waals surface area contributed by atoms with E-state index in [-0.39, 0.29) is 0 Å². The monoisotopic (exact) mass is 716 g/mol. The van der Waals surface area contributed by atoms with Crippen molar-refractivity contribution < 1.29 is 0 Å². The zero-order valence-electron chi connectivity index (χ0n) is 30.2. The summed E-state index contributed by atoms with van der Waals surface area (Å²) in [7, 11) is 0. The van der Waals surface area contributed by atoms with Crippen molar-refractivity contribution in [2.75, 3.05) is 0 Å². The third-order valence-electron chi connectivity index (χ3n) is 10.6. The molecule has 4 heterocycles. The molecule has 11 aromatic rings. The van der Waals surface area contributed by atoms with E-state index < -0.39 is 0 Å². The smallest absolute Gasteiger partial charge is 0.166 e. The van der Waals surface area contributed by atoms with Crippen molar-refractivity contribution in [1.82, 2.24) is 29.1 Å². The van der Waals surface area contributed by atoms with Crippen molar-refractivity contribution in [2.45, 2.75) is 0 Å². The number of para-hydroxylation sites is 3. The second-order valence-electron chi connectivity index (χ2n) is 13.9. The quantitative estimate of drug-likeness (QED) is 0.172. The number of fused-ring (bicyclic) bond motifs is 6. The van der Waals surface area contributed by atoms with Crippen molar-refractivity contribution in [3.05, 3.63) is 194 Å². The van der Waals surface area contributed by atoms with E-state index >= 15 is 0 Å². The lowest BCUT2D eigenvalue weighted by molar-refractivity contribution is 1.06. The molecular formula is C50H32N6. The number of hydrogen-bond acceptors (Lipinski definition) is 4. The Morgan fingerprint density at radius 2 is 0.857 bits per heavy atom. The molecule has 0 aliphatic rings. The maximum atomic E-state index is 5.18. The summed E-state index contributed by atoms with van der Waals surface area (Å²) in [4.78, 5) is 20.1. The second-order valence-corrected chi connectivity index (χ2v) is 13.9. The summed E-state index contributed by atoms with van der Waals surface area (Å²) in [6.07, 6.45) is 1.84. The minimum atomic E-state index is 0.591. The van der Waals surface area contributed by atoms with E-state index in [9.17, 15) is 0 Å². The Kier molecular flexibility index (Phi) is 7.38. The summed E-state index contributed by atoms with van der Waals surface area (Å²) in [5, 5.41) is 4.79. The van der Waals surface area contributed by atoms with Gasteiger partial charge >= 0.3 is 0 Å². The van der Waals surface area contributed by atoms with Crippen molar-refractivity contribution in [2.24, 2.45) is 0 Å². The highest BCUT2D eigenvalue weighted by atomic mass is 15.1. The van der Waals surface area contributed by atoms with Crippen LogP contribution < -0.4 is 0 Å². The molecule has 0 N–H and O–H groups in total. The Labute approximate surface area is 322 Å². The second kappa shape index (κ2) is 13.0. The SMILES string of the molecule is c1ccc(-c2nc(-c3ccccc3)nc(-c3ccc(-c4ccccn4)cc3-n3c4ccccc4c4cc(-n5c6ccccc6c6ccccc65)ccc43)n2)cc1. The van der Waals surface area contributed by atoms with Crippen LogP contribution >= 0.6 is 0 Å². The molecule has 11 rings (SSSR count). The van der Waals surface area contributed by atoms with Gasteiger partial charge in [0.05, 0.1) is 33.4 Å². The molecule has 0 aliphatic carbocycles. The van der Waals surface area contributed by atoms with E-state index in [2.05, 4.69) is 118 Å². The highest BCUT2D eigenvalue weighted by Gasteiger charge is 2.21. The van der Waals surface area contributed by atoms with Gasteiger partial charge in [-0.15, -0.1) is 0 Å². The van der Waals surface area contributed by atoms with Gasteiger partial charge in [0.15, 0.2) is 17.5 Å². The predicted molar refractivity (Wildman–Crippen MR) is 228 cm³/mol. The molecule has 262 valence electrons. The Morgan fingerprint density at radius 1 is 0.339 bits per heavy atom. The fourth-order valence-corrected chi connectivity index (χ4v) is 8.09. The fraction of sp³-hybridized carbons (Fsp3) is 0. The van der Waals surface area contributed by atoms with Crippen LogP contribution in [0.15, 0.2) is 194 Å². The molecule has 0 spiro atoms. The Bertz CT molecular complexity index is 3130. The van der Waals surface area contributed by atoms with Gasteiger partial charge < -0.3 is 9.13 Å². The molecule has 0 bridgehead atoms. The number of benzene rings is 7. The molecule has 6 nitrogen and oxygen atoms in total. The molecule has 56 heavy (non-hydrogen) atoms. The predicted octanol–water partition coefficient (Wildman–Crippen LogP) is 12.1. The van der Waals surface area contributed by atoms with Crippen LogP contribution in [0.4, 0.5) is 0 Å². The van der Waals surface area contributed by atoms with Gasteiger partial charge in [-0.1, -0.05) is 127 Å². The summed E-state index contributed by atoms with van der Waals surface area (Å²) < 4.78 is 4.74. The maximum absolute atomic E-state index is 5.18. The average Bonchev–Trinajstić information content (AvgIpc) is 3.79. The van der Waals surface area contributed by atoms with Gasteiger partial charge in [-0.2, -0.15) is 0 Å². The molecule has 0 saturated carbocycles. The highest BCUT2D eigenvalue weighted by molar-refractivity contribution is 6.12. The molecule has 0 radical (unpaired) electrons. The van der Waals surface area contributed by atoms with Gasteiger partial charge in [0.25, 0.3) is 0 Å². The third kappa shape index (κ3) is 5.19. The first-order valence-corrected chi connectivity index (χ1v) is 18.7. The van der Waals surface area contributed by atoms with Crippen molar-refractivity contribution in [3.63, 3.8) is 0 Å². The first kappa shape index (κ1) is 31.8. The summed E-state index contributed by atoms with van der Waals surface area (Å²) >= 11 is 0. The Hall–Kier alpha value is -7.70. The van der Waals surface area contributed by atoms with E-state index in [0.29, 0.717) is 17.5 Å². The van der Waals surface area contributed by atoms with Crippen LogP contribution in [-0.2, 0) is 0 Å². The van der Waals surface area contributed by atoms with Gasteiger partial charge in [0.2, 0.25) is 0 Å². The average molecular weight is 717 g/mol. The first-order chi connectivity index (χ1) is 27.8. The molecule has 0 unspecified atom stereocenters. The van der Waals surface area contributed by atoms with Crippen LogP contribution in [0.2, 0.25) is 0 Å². The first-order valence-electron chi connectivity index (χ1n) is 18.7. The normalized spacial score (nSPS) is 11.6. The van der Waals surface area contributed by atoms with E-state index in [4.69, 9.17) is 19.9 Å². The largest absolute Gasteiger partial charge is 0.309 e. The summed E-state index contributed by atoms with van der Waals surface area (Å²) in [5.41, 5.74) is 11.2.